The van der Waals surface area contributed by atoms with Crippen LogP contribution in [0.3, 0.4) is 0 Å². The van der Waals surface area contributed by atoms with Gasteiger partial charge in [0.15, 0.2) is 0 Å². The Morgan fingerprint density at radius 2 is 1.75 bits per heavy atom. The van der Waals surface area contributed by atoms with E-state index < -0.39 is 0 Å². The summed E-state index contributed by atoms with van der Waals surface area (Å²) in [5.41, 5.74) is 5.86. The first-order chi connectivity index (χ1) is 9.84. The third-order valence-corrected chi connectivity index (χ3v) is 3.96. The number of aryl methyl sites for hydroxylation is 1. The number of hydrogen-bond donors (Lipinski definition) is 0. The van der Waals surface area contributed by atoms with Crippen LogP contribution >= 0.6 is 0 Å². The molecule has 1 aromatic heterocycles. The first-order valence-electron chi connectivity index (χ1n) is 6.92. The molecule has 0 saturated carbocycles. The molecule has 2 aromatic carbocycles. The van der Waals surface area contributed by atoms with E-state index in [0.717, 1.165) is 24.2 Å². The average Bonchev–Trinajstić information content (AvgIpc) is 2.92. The molecule has 0 amide bonds. The van der Waals surface area contributed by atoms with E-state index in [2.05, 4.69) is 58.4 Å². The molecule has 0 atom stereocenters. The monoisotopic (exact) mass is 261 g/mol. The van der Waals surface area contributed by atoms with Gasteiger partial charge in [-0.3, -0.25) is 0 Å². The van der Waals surface area contributed by atoms with Gasteiger partial charge >= 0.3 is 0 Å². The van der Waals surface area contributed by atoms with Crippen LogP contribution < -0.4 is 4.90 Å². The quantitative estimate of drug-likeness (QED) is 0.669. The highest BCUT2D eigenvalue weighted by Gasteiger charge is 2.25. The van der Waals surface area contributed by atoms with Crippen molar-refractivity contribution in [2.24, 2.45) is 0 Å². The van der Waals surface area contributed by atoms with Gasteiger partial charge in [0.2, 0.25) is 0 Å². The molecule has 0 spiro atoms. The van der Waals surface area contributed by atoms with E-state index in [1.54, 1.807) is 0 Å². The fourth-order valence-corrected chi connectivity index (χ4v) is 2.98. The van der Waals surface area contributed by atoms with E-state index in [9.17, 15) is 0 Å². The van der Waals surface area contributed by atoms with Crippen LogP contribution in [0.15, 0.2) is 48.5 Å². The largest absolute Gasteiger partial charge is 0.339 e. The summed E-state index contributed by atoms with van der Waals surface area (Å²) in [5.74, 6) is 0. The second-order valence-corrected chi connectivity index (χ2v) is 5.20. The standard InChI is InChI=1S/C17H15N3/c1-12-6-2-5-9-16(12)20-11-10-15-17(20)13-7-3-4-8-14(13)18-19-15/h2-9H,10-11H2,1H3. The van der Waals surface area contributed by atoms with Crippen molar-refractivity contribution >= 4 is 22.3 Å². The minimum absolute atomic E-state index is 0.960. The van der Waals surface area contributed by atoms with Gasteiger partial charge < -0.3 is 4.90 Å². The van der Waals surface area contributed by atoms with Crippen molar-refractivity contribution in [3.63, 3.8) is 0 Å². The van der Waals surface area contributed by atoms with Gasteiger partial charge in [0, 0.05) is 24.0 Å². The summed E-state index contributed by atoms with van der Waals surface area (Å²) in [6.45, 7) is 3.13. The summed E-state index contributed by atoms with van der Waals surface area (Å²) in [4.78, 5) is 2.38. The number of anilines is 2. The van der Waals surface area contributed by atoms with Crippen LogP contribution in [-0.4, -0.2) is 16.7 Å². The first-order valence-corrected chi connectivity index (χ1v) is 6.92. The van der Waals surface area contributed by atoms with Crippen molar-refractivity contribution in [2.75, 3.05) is 11.4 Å². The maximum absolute atomic E-state index is 4.40. The zero-order chi connectivity index (χ0) is 13.5. The molecule has 0 aliphatic carbocycles. The van der Waals surface area contributed by atoms with Gasteiger partial charge in [-0.25, -0.2) is 0 Å². The highest BCUT2D eigenvalue weighted by molar-refractivity contribution is 5.95. The SMILES string of the molecule is Cc1ccccc1N1CCc2nnc3ccccc3c21. The lowest BCUT2D eigenvalue weighted by atomic mass is 10.1. The number of benzene rings is 2. The van der Waals surface area contributed by atoms with Gasteiger partial charge in [0.25, 0.3) is 0 Å². The van der Waals surface area contributed by atoms with E-state index in [1.807, 2.05) is 12.1 Å². The van der Waals surface area contributed by atoms with Crippen LogP contribution in [0.5, 0.6) is 0 Å². The Hall–Kier alpha value is -2.42. The topological polar surface area (TPSA) is 29.0 Å². The van der Waals surface area contributed by atoms with Gasteiger partial charge in [-0.1, -0.05) is 36.4 Å². The lowest BCUT2D eigenvalue weighted by Gasteiger charge is -2.22. The number of rotatable bonds is 1. The normalized spacial score (nSPS) is 13.8. The molecule has 1 aliphatic rings. The molecular weight excluding hydrogens is 246 g/mol. The van der Waals surface area contributed by atoms with Gasteiger partial charge in [-0.15, -0.1) is 0 Å². The molecule has 2 heterocycles. The number of hydrogen-bond acceptors (Lipinski definition) is 3. The highest BCUT2D eigenvalue weighted by Crippen LogP contribution is 2.39. The molecule has 0 unspecified atom stereocenters. The molecule has 3 heteroatoms. The van der Waals surface area contributed by atoms with Crippen molar-refractivity contribution in [1.29, 1.82) is 0 Å². The van der Waals surface area contributed by atoms with Crippen molar-refractivity contribution in [3.8, 4) is 0 Å². The van der Waals surface area contributed by atoms with Gasteiger partial charge in [-0.05, 0) is 24.6 Å². The van der Waals surface area contributed by atoms with Crippen LogP contribution in [0.25, 0.3) is 10.9 Å². The van der Waals surface area contributed by atoms with Gasteiger partial charge in [0.05, 0.1) is 16.9 Å². The predicted octanol–water partition coefficient (Wildman–Crippen LogP) is 3.63. The molecule has 1 aliphatic heterocycles. The average molecular weight is 261 g/mol. The van der Waals surface area contributed by atoms with Gasteiger partial charge in [0.1, 0.15) is 0 Å². The minimum atomic E-state index is 0.960. The number of para-hydroxylation sites is 1. The van der Waals surface area contributed by atoms with Crippen molar-refractivity contribution in [3.05, 3.63) is 59.8 Å². The maximum atomic E-state index is 4.40. The number of aromatic nitrogens is 2. The van der Waals surface area contributed by atoms with E-state index in [4.69, 9.17) is 0 Å². The second-order valence-electron chi connectivity index (χ2n) is 5.20. The fourth-order valence-electron chi connectivity index (χ4n) is 2.98. The minimum Gasteiger partial charge on any atom is -0.339 e. The molecule has 20 heavy (non-hydrogen) atoms. The Bertz CT molecular complexity index is 795. The molecule has 0 saturated heterocycles. The van der Waals surface area contributed by atoms with Crippen LogP contribution in [0.2, 0.25) is 0 Å². The van der Waals surface area contributed by atoms with Crippen LogP contribution in [0.4, 0.5) is 11.4 Å². The van der Waals surface area contributed by atoms with E-state index >= 15 is 0 Å². The van der Waals surface area contributed by atoms with E-state index in [1.165, 1.54) is 22.3 Å². The number of fused-ring (bicyclic) bond motifs is 3. The lowest BCUT2D eigenvalue weighted by Crippen LogP contribution is -2.14. The molecule has 98 valence electrons. The van der Waals surface area contributed by atoms with E-state index in [-0.39, 0.29) is 0 Å². The molecule has 0 fully saturated rings. The summed E-state index contributed by atoms with van der Waals surface area (Å²) < 4.78 is 0. The smallest absolute Gasteiger partial charge is 0.0950 e. The Labute approximate surface area is 117 Å². The third-order valence-electron chi connectivity index (χ3n) is 3.96. The van der Waals surface area contributed by atoms with Crippen molar-refractivity contribution < 1.29 is 0 Å². The number of nitrogens with zero attached hydrogens (tertiary/aromatic N) is 3. The Morgan fingerprint density at radius 1 is 0.950 bits per heavy atom. The molecule has 0 N–H and O–H groups in total. The molecule has 3 nitrogen and oxygen atoms in total. The van der Waals surface area contributed by atoms with Crippen molar-refractivity contribution in [1.82, 2.24) is 10.2 Å². The summed E-state index contributed by atoms with van der Waals surface area (Å²) >= 11 is 0. The molecule has 4 rings (SSSR count). The van der Waals surface area contributed by atoms with Gasteiger partial charge in [-0.2, -0.15) is 10.2 Å². The fraction of sp³-hybridized carbons (Fsp3) is 0.176. The van der Waals surface area contributed by atoms with Crippen LogP contribution in [-0.2, 0) is 6.42 Å². The highest BCUT2D eigenvalue weighted by atomic mass is 15.2. The molecule has 0 radical (unpaired) electrons. The second kappa shape index (κ2) is 4.30. The first kappa shape index (κ1) is 11.4. The molecule has 3 aromatic rings. The summed E-state index contributed by atoms with van der Waals surface area (Å²) in [6.07, 6.45) is 0.960. The summed E-state index contributed by atoms with van der Waals surface area (Å²) in [7, 11) is 0. The third kappa shape index (κ3) is 1.59. The zero-order valence-corrected chi connectivity index (χ0v) is 11.4. The predicted molar refractivity (Wildman–Crippen MR) is 81.4 cm³/mol. The maximum Gasteiger partial charge on any atom is 0.0950 e. The lowest BCUT2D eigenvalue weighted by molar-refractivity contribution is 0.937. The molecule has 0 bridgehead atoms. The Kier molecular flexibility index (Phi) is 2.46. The summed E-state index contributed by atoms with van der Waals surface area (Å²) in [6, 6.07) is 16.8. The summed E-state index contributed by atoms with van der Waals surface area (Å²) in [5, 5.41) is 9.92. The van der Waals surface area contributed by atoms with E-state index in [0.29, 0.717) is 0 Å². The zero-order valence-electron chi connectivity index (χ0n) is 11.4. The van der Waals surface area contributed by atoms with Crippen molar-refractivity contribution in [2.45, 2.75) is 13.3 Å². The molecular formula is C17H15N3. The Morgan fingerprint density at radius 3 is 2.65 bits per heavy atom. The van der Waals surface area contributed by atoms with Crippen LogP contribution in [0, 0.1) is 6.92 Å². The Balaban J connectivity index is 1.97. The van der Waals surface area contributed by atoms with Crippen LogP contribution in [0.1, 0.15) is 11.3 Å².